The summed E-state index contributed by atoms with van der Waals surface area (Å²) < 4.78 is 4.62. The number of esters is 1. The topological polar surface area (TPSA) is 26.3 Å². The van der Waals surface area contributed by atoms with Crippen molar-refractivity contribution < 1.29 is 9.53 Å². The highest BCUT2D eigenvalue weighted by atomic mass is 28.3. The lowest BCUT2D eigenvalue weighted by Crippen LogP contribution is -2.00. The SMILES string of the molecule is COC(=O)c1ccc(C#CC[SiH](C)C)cc1. The predicted octanol–water partition coefficient (Wildman–Crippen LogP) is 2.31. The predicted molar refractivity (Wildman–Crippen MR) is 68.3 cm³/mol. The van der Waals surface area contributed by atoms with Gasteiger partial charge in [-0.15, -0.1) is 5.92 Å². The molecule has 0 atom stereocenters. The van der Waals surface area contributed by atoms with Gasteiger partial charge in [0.2, 0.25) is 0 Å². The molecule has 0 aliphatic carbocycles. The highest BCUT2D eigenvalue weighted by Gasteiger charge is 2.02. The van der Waals surface area contributed by atoms with Crippen molar-refractivity contribution in [3.8, 4) is 11.8 Å². The Kier molecular flexibility index (Phi) is 4.81. The van der Waals surface area contributed by atoms with Crippen LogP contribution in [0, 0.1) is 11.8 Å². The zero-order chi connectivity index (χ0) is 12.0. The van der Waals surface area contributed by atoms with Crippen molar-refractivity contribution in [3.05, 3.63) is 35.4 Å². The number of methoxy groups -OCH3 is 1. The van der Waals surface area contributed by atoms with E-state index in [1.165, 1.54) is 7.11 Å². The number of rotatable bonds is 2. The molecule has 0 saturated carbocycles. The summed E-state index contributed by atoms with van der Waals surface area (Å²) in [5.41, 5.74) is 1.51. The molecule has 3 heteroatoms. The number of carbonyl (C=O) groups is 1. The average Bonchev–Trinajstić information content (AvgIpc) is 2.28. The van der Waals surface area contributed by atoms with Gasteiger partial charge in [0.05, 0.1) is 12.7 Å². The van der Waals surface area contributed by atoms with Crippen molar-refractivity contribution in [1.82, 2.24) is 0 Å². The highest BCUT2D eigenvalue weighted by Crippen LogP contribution is 2.04. The number of benzene rings is 1. The van der Waals surface area contributed by atoms with Gasteiger partial charge in [0.25, 0.3) is 0 Å². The molecule has 0 aliphatic heterocycles. The molecule has 0 amide bonds. The van der Waals surface area contributed by atoms with E-state index < -0.39 is 8.80 Å². The Bertz CT molecular complexity index is 410. The van der Waals surface area contributed by atoms with Gasteiger partial charge in [-0.05, 0) is 24.3 Å². The van der Waals surface area contributed by atoms with Gasteiger partial charge in [-0.1, -0.05) is 19.0 Å². The monoisotopic (exact) mass is 232 g/mol. The van der Waals surface area contributed by atoms with Gasteiger partial charge >= 0.3 is 5.97 Å². The zero-order valence-electron chi connectivity index (χ0n) is 9.91. The summed E-state index contributed by atoms with van der Waals surface area (Å²) in [5, 5.41) is 0. The Morgan fingerprint density at radius 1 is 1.31 bits per heavy atom. The van der Waals surface area contributed by atoms with Crippen LogP contribution in [0.25, 0.3) is 0 Å². The van der Waals surface area contributed by atoms with Crippen molar-refractivity contribution in [2.75, 3.05) is 7.11 Å². The van der Waals surface area contributed by atoms with Gasteiger partial charge in [-0.2, -0.15) is 0 Å². The average molecular weight is 232 g/mol. The first kappa shape index (κ1) is 12.5. The number of ether oxygens (including phenoxy) is 1. The Hall–Kier alpha value is -1.53. The zero-order valence-corrected chi connectivity index (χ0v) is 11.1. The maximum atomic E-state index is 11.2. The maximum Gasteiger partial charge on any atom is 0.337 e. The smallest absolute Gasteiger partial charge is 0.337 e. The van der Waals surface area contributed by atoms with E-state index in [0.717, 1.165) is 11.6 Å². The van der Waals surface area contributed by atoms with E-state index in [-0.39, 0.29) is 5.97 Å². The van der Waals surface area contributed by atoms with E-state index in [0.29, 0.717) is 5.56 Å². The molecule has 0 unspecified atom stereocenters. The first-order chi connectivity index (χ1) is 7.63. The minimum Gasteiger partial charge on any atom is -0.465 e. The van der Waals surface area contributed by atoms with Crippen molar-refractivity contribution in [2.45, 2.75) is 19.1 Å². The molecule has 16 heavy (non-hydrogen) atoms. The standard InChI is InChI=1S/C13H16O2Si/c1-15-13(14)12-8-6-11(7-9-12)5-4-10-16(2)3/h6-9,16H,10H2,1-3H3. The first-order valence-electron chi connectivity index (χ1n) is 5.30. The molecule has 0 aliphatic rings. The molecular formula is C13H16O2Si. The largest absolute Gasteiger partial charge is 0.465 e. The van der Waals surface area contributed by atoms with Crippen LogP contribution >= 0.6 is 0 Å². The molecule has 1 aromatic carbocycles. The molecule has 0 fully saturated rings. The van der Waals surface area contributed by atoms with Crippen LogP contribution in [0.4, 0.5) is 0 Å². The summed E-state index contributed by atoms with van der Waals surface area (Å²) in [5.74, 6) is 5.94. The van der Waals surface area contributed by atoms with Crippen LogP contribution in [-0.4, -0.2) is 21.9 Å². The van der Waals surface area contributed by atoms with Crippen LogP contribution in [-0.2, 0) is 4.74 Å². The first-order valence-corrected chi connectivity index (χ1v) is 8.43. The minimum absolute atomic E-state index is 0.311. The minimum atomic E-state index is -0.591. The van der Waals surface area contributed by atoms with Crippen LogP contribution < -0.4 is 0 Å². The summed E-state index contributed by atoms with van der Waals surface area (Å²) in [4.78, 5) is 11.2. The van der Waals surface area contributed by atoms with E-state index in [1.54, 1.807) is 12.1 Å². The third-order valence-corrected chi connectivity index (χ3v) is 3.07. The lowest BCUT2D eigenvalue weighted by Gasteiger charge is -1.98. The fraction of sp³-hybridized carbons (Fsp3) is 0.308. The van der Waals surface area contributed by atoms with E-state index in [4.69, 9.17) is 0 Å². The molecular weight excluding hydrogens is 216 g/mol. The van der Waals surface area contributed by atoms with Crippen LogP contribution in [0.2, 0.25) is 19.1 Å². The fourth-order valence-corrected chi connectivity index (χ4v) is 1.68. The van der Waals surface area contributed by atoms with Gasteiger partial charge < -0.3 is 4.74 Å². The third-order valence-electron chi connectivity index (χ3n) is 2.05. The molecule has 84 valence electrons. The summed E-state index contributed by atoms with van der Waals surface area (Å²) in [7, 11) is 0.788. The molecule has 0 spiro atoms. The van der Waals surface area contributed by atoms with Crippen LogP contribution in [0.3, 0.4) is 0 Å². The fourth-order valence-electron chi connectivity index (χ4n) is 1.16. The normalized spacial score (nSPS) is 9.50. The van der Waals surface area contributed by atoms with E-state index >= 15 is 0 Å². The van der Waals surface area contributed by atoms with Gasteiger partial charge in [0.1, 0.15) is 0 Å². The molecule has 0 heterocycles. The van der Waals surface area contributed by atoms with Crippen LogP contribution in [0.15, 0.2) is 24.3 Å². The lowest BCUT2D eigenvalue weighted by atomic mass is 10.1. The molecule has 0 bridgehead atoms. The molecule has 0 saturated heterocycles. The number of hydrogen-bond donors (Lipinski definition) is 0. The van der Waals surface area contributed by atoms with Gasteiger partial charge in [0.15, 0.2) is 0 Å². The van der Waals surface area contributed by atoms with Gasteiger partial charge in [-0.3, -0.25) is 0 Å². The molecule has 0 radical (unpaired) electrons. The second kappa shape index (κ2) is 6.14. The Morgan fingerprint density at radius 2 is 1.94 bits per heavy atom. The molecule has 1 aromatic rings. The Balaban J connectivity index is 2.70. The maximum absolute atomic E-state index is 11.2. The second-order valence-electron chi connectivity index (χ2n) is 3.97. The molecule has 0 N–H and O–H groups in total. The summed E-state index contributed by atoms with van der Waals surface area (Å²) in [6, 6.07) is 8.20. The molecule has 2 nitrogen and oxygen atoms in total. The molecule has 0 aromatic heterocycles. The number of carbonyl (C=O) groups excluding carboxylic acids is 1. The Labute approximate surface area is 98.2 Å². The van der Waals surface area contributed by atoms with E-state index in [1.807, 2.05) is 12.1 Å². The Morgan fingerprint density at radius 3 is 2.44 bits per heavy atom. The van der Waals surface area contributed by atoms with Crippen molar-refractivity contribution in [3.63, 3.8) is 0 Å². The van der Waals surface area contributed by atoms with Crippen molar-refractivity contribution >= 4 is 14.8 Å². The third kappa shape index (κ3) is 3.91. The van der Waals surface area contributed by atoms with E-state index in [2.05, 4.69) is 29.7 Å². The van der Waals surface area contributed by atoms with Crippen LogP contribution in [0.1, 0.15) is 15.9 Å². The van der Waals surface area contributed by atoms with Crippen molar-refractivity contribution in [2.24, 2.45) is 0 Å². The summed E-state index contributed by atoms with van der Waals surface area (Å²) in [6.07, 6.45) is 0. The summed E-state index contributed by atoms with van der Waals surface area (Å²) in [6.45, 7) is 4.55. The van der Waals surface area contributed by atoms with Gasteiger partial charge in [-0.25, -0.2) is 4.79 Å². The summed E-state index contributed by atoms with van der Waals surface area (Å²) >= 11 is 0. The lowest BCUT2D eigenvalue weighted by molar-refractivity contribution is 0.0601. The second-order valence-corrected chi connectivity index (χ2v) is 7.16. The van der Waals surface area contributed by atoms with Crippen LogP contribution in [0.5, 0.6) is 0 Å². The van der Waals surface area contributed by atoms with Crippen molar-refractivity contribution in [1.29, 1.82) is 0 Å². The van der Waals surface area contributed by atoms with E-state index in [9.17, 15) is 4.79 Å². The molecule has 1 rings (SSSR count). The quantitative estimate of drug-likeness (QED) is 0.444. The number of hydrogen-bond acceptors (Lipinski definition) is 2. The highest BCUT2D eigenvalue weighted by molar-refractivity contribution is 6.56. The van der Waals surface area contributed by atoms with Gasteiger partial charge in [0, 0.05) is 20.4 Å².